The minimum absolute atomic E-state index is 0.0993. The molecule has 1 rings (SSSR count). The molecule has 0 spiro atoms. The Morgan fingerprint density at radius 3 is 2.41 bits per heavy atom. The summed E-state index contributed by atoms with van der Waals surface area (Å²) in [4.78, 5) is 23.4. The average Bonchev–Trinajstić information content (AvgIpc) is 2.29. The summed E-state index contributed by atoms with van der Waals surface area (Å²) in [5, 5.41) is 2.75. The van der Waals surface area contributed by atoms with E-state index in [1.807, 2.05) is 6.92 Å². The maximum atomic E-state index is 12.1. The number of carbonyl (C=O) groups is 2. The maximum Gasteiger partial charge on any atom is 0.242 e. The molecule has 0 aromatic carbocycles. The molecule has 5 N–H and O–H groups in total. The van der Waals surface area contributed by atoms with Gasteiger partial charge in [-0.05, 0) is 26.2 Å². The lowest BCUT2D eigenvalue weighted by atomic mass is 9.83. The first-order chi connectivity index (χ1) is 7.90. The van der Waals surface area contributed by atoms with E-state index in [0.717, 1.165) is 25.7 Å². The van der Waals surface area contributed by atoms with Crippen LogP contribution in [-0.2, 0) is 9.59 Å². The molecule has 5 heteroatoms. The maximum absolute atomic E-state index is 12.1. The molecule has 0 saturated heterocycles. The summed E-state index contributed by atoms with van der Waals surface area (Å²) in [6.45, 7) is 3.48. The van der Waals surface area contributed by atoms with E-state index in [1.165, 1.54) is 0 Å². The summed E-state index contributed by atoms with van der Waals surface area (Å²) in [6, 6.07) is -0.0993. The third kappa shape index (κ3) is 3.19. The van der Waals surface area contributed by atoms with Crippen molar-refractivity contribution in [2.75, 3.05) is 0 Å². The van der Waals surface area contributed by atoms with E-state index < -0.39 is 11.4 Å². The third-order valence-electron chi connectivity index (χ3n) is 3.81. The fourth-order valence-electron chi connectivity index (χ4n) is 2.17. The summed E-state index contributed by atoms with van der Waals surface area (Å²) in [5.74, 6) is -0.827. The van der Waals surface area contributed by atoms with Gasteiger partial charge in [-0.1, -0.05) is 19.8 Å². The van der Waals surface area contributed by atoms with Crippen molar-refractivity contribution in [3.05, 3.63) is 0 Å². The topological polar surface area (TPSA) is 98.2 Å². The van der Waals surface area contributed by atoms with Crippen molar-refractivity contribution in [1.29, 1.82) is 0 Å². The van der Waals surface area contributed by atoms with Gasteiger partial charge < -0.3 is 16.8 Å². The molecule has 0 radical (unpaired) electrons. The van der Waals surface area contributed by atoms with Crippen LogP contribution in [0.25, 0.3) is 0 Å². The molecule has 3 atom stereocenters. The monoisotopic (exact) mass is 241 g/mol. The van der Waals surface area contributed by atoms with E-state index in [4.69, 9.17) is 11.5 Å². The van der Waals surface area contributed by atoms with Crippen molar-refractivity contribution >= 4 is 11.8 Å². The van der Waals surface area contributed by atoms with Crippen molar-refractivity contribution < 1.29 is 9.59 Å². The van der Waals surface area contributed by atoms with E-state index in [9.17, 15) is 9.59 Å². The van der Waals surface area contributed by atoms with E-state index in [-0.39, 0.29) is 17.9 Å². The standard InChI is InChI=1S/C12H23N3O2/c1-3-12(2,11(14)17)15-10(16)8-6-4-5-7-9(8)13/h8-9H,3-7,13H2,1-2H3,(H2,14,17)(H,15,16). The van der Waals surface area contributed by atoms with Gasteiger partial charge >= 0.3 is 0 Å². The van der Waals surface area contributed by atoms with Gasteiger partial charge in [-0.3, -0.25) is 9.59 Å². The number of hydrogen-bond acceptors (Lipinski definition) is 3. The zero-order valence-corrected chi connectivity index (χ0v) is 10.7. The molecular formula is C12H23N3O2. The molecule has 1 aliphatic carbocycles. The van der Waals surface area contributed by atoms with Crippen molar-refractivity contribution in [3.63, 3.8) is 0 Å². The predicted molar refractivity (Wildman–Crippen MR) is 66.0 cm³/mol. The molecule has 2 amide bonds. The van der Waals surface area contributed by atoms with Crippen molar-refractivity contribution in [2.45, 2.75) is 57.5 Å². The van der Waals surface area contributed by atoms with Gasteiger partial charge in [0.15, 0.2) is 0 Å². The van der Waals surface area contributed by atoms with E-state index in [2.05, 4.69) is 5.32 Å². The van der Waals surface area contributed by atoms with Gasteiger partial charge in [-0.2, -0.15) is 0 Å². The van der Waals surface area contributed by atoms with Crippen LogP contribution in [0.2, 0.25) is 0 Å². The van der Waals surface area contributed by atoms with Gasteiger partial charge in [0.2, 0.25) is 11.8 Å². The molecule has 0 aromatic heterocycles. The molecule has 0 heterocycles. The molecule has 98 valence electrons. The highest BCUT2D eigenvalue weighted by Crippen LogP contribution is 2.24. The molecule has 0 bridgehead atoms. The number of nitrogens with one attached hydrogen (secondary N) is 1. The van der Waals surface area contributed by atoms with E-state index >= 15 is 0 Å². The van der Waals surface area contributed by atoms with Gasteiger partial charge in [0.25, 0.3) is 0 Å². The number of rotatable bonds is 4. The number of amides is 2. The quantitative estimate of drug-likeness (QED) is 0.659. The number of carbonyl (C=O) groups excluding carboxylic acids is 2. The van der Waals surface area contributed by atoms with Crippen molar-refractivity contribution in [2.24, 2.45) is 17.4 Å². The Labute approximate surface area is 102 Å². The van der Waals surface area contributed by atoms with Gasteiger partial charge in [-0.15, -0.1) is 0 Å². The van der Waals surface area contributed by atoms with Crippen LogP contribution in [0.3, 0.4) is 0 Å². The Hall–Kier alpha value is -1.10. The second kappa shape index (κ2) is 5.49. The van der Waals surface area contributed by atoms with Crippen LogP contribution >= 0.6 is 0 Å². The fraction of sp³-hybridized carbons (Fsp3) is 0.833. The summed E-state index contributed by atoms with van der Waals surface area (Å²) in [6.07, 6.45) is 4.25. The Bertz CT molecular complexity index is 306. The zero-order chi connectivity index (χ0) is 13.1. The van der Waals surface area contributed by atoms with Crippen LogP contribution < -0.4 is 16.8 Å². The Kier molecular flexibility index (Phi) is 4.51. The summed E-state index contributed by atoms with van der Waals surface area (Å²) >= 11 is 0. The first-order valence-corrected chi connectivity index (χ1v) is 6.28. The van der Waals surface area contributed by atoms with E-state index in [1.54, 1.807) is 6.92 Å². The second-order valence-corrected chi connectivity index (χ2v) is 5.09. The first kappa shape index (κ1) is 14.0. The van der Waals surface area contributed by atoms with Gasteiger partial charge in [0.1, 0.15) is 5.54 Å². The number of hydrogen-bond donors (Lipinski definition) is 3. The zero-order valence-electron chi connectivity index (χ0n) is 10.7. The molecule has 1 fully saturated rings. The molecule has 0 aliphatic heterocycles. The fourth-order valence-corrected chi connectivity index (χ4v) is 2.17. The molecule has 3 unspecified atom stereocenters. The normalized spacial score (nSPS) is 28.2. The third-order valence-corrected chi connectivity index (χ3v) is 3.81. The summed E-state index contributed by atoms with van der Waals surface area (Å²) in [5.41, 5.74) is 10.3. The van der Waals surface area contributed by atoms with Crippen LogP contribution in [0, 0.1) is 5.92 Å². The van der Waals surface area contributed by atoms with Crippen LogP contribution in [0.4, 0.5) is 0 Å². The van der Waals surface area contributed by atoms with Crippen LogP contribution in [0.1, 0.15) is 46.0 Å². The van der Waals surface area contributed by atoms with Crippen LogP contribution in [0.15, 0.2) is 0 Å². The molecule has 17 heavy (non-hydrogen) atoms. The van der Waals surface area contributed by atoms with Gasteiger partial charge in [0.05, 0.1) is 5.92 Å². The van der Waals surface area contributed by atoms with Gasteiger partial charge in [-0.25, -0.2) is 0 Å². The predicted octanol–water partition coefficient (Wildman–Crippen LogP) is 0.274. The first-order valence-electron chi connectivity index (χ1n) is 6.28. The largest absolute Gasteiger partial charge is 0.368 e. The highest BCUT2D eigenvalue weighted by molar-refractivity contribution is 5.91. The Morgan fingerprint density at radius 2 is 1.94 bits per heavy atom. The van der Waals surface area contributed by atoms with Crippen LogP contribution in [-0.4, -0.2) is 23.4 Å². The van der Waals surface area contributed by atoms with E-state index in [0.29, 0.717) is 6.42 Å². The smallest absolute Gasteiger partial charge is 0.242 e. The average molecular weight is 241 g/mol. The minimum atomic E-state index is -0.964. The van der Waals surface area contributed by atoms with Crippen LogP contribution in [0.5, 0.6) is 0 Å². The Balaban J connectivity index is 2.67. The SMILES string of the molecule is CCC(C)(NC(=O)C1CCCCC1N)C(N)=O. The lowest BCUT2D eigenvalue weighted by Crippen LogP contribution is -2.58. The minimum Gasteiger partial charge on any atom is -0.368 e. The molecule has 0 aromatic rings. The molecule has 1 aliphatic rings. The Morgan fingerprint density at radius 1 is 1.35 bits per heavy atom. The number of primary amides is 1. The summed E-state index contributed by atoms with van der Waals surface area (Å²) < 4.78 is 0. The summed E-state index contributed by atoms with van der Waals surface area (Å²) in [7, 11) is 0. The number of nitrogens with two attached hydrogens (primary N) is 2. The van der Waals surface area contributed by atoms with Gasteiger partial charge in [0, 0.05) is 6.04 Å². The highest BCUT2D eigenvalue weighted by atomic mass is 16.2. The molecule has 5 nitrogen and oxygen atoms in total. The second-order valence-electron chi connectivity index (χ2n) is 5.09. The molecule has 1 saturated carbocycles. The lowest BCUT2D eigenvalue weighted by Gasteiger charge is -2.32. The van der Waals surface area contributed by atoms with Crippen molar-refractivity contribution in [3.8, 4) is 0 Å². The highest BCUT2D eigenvalue weighted by Gasteiger charge is 2.35. The molecular weight excluding hydrogens is 218 g/mol. The lowest BCUT2D eigenvalue weighted by molar-refractivity contribution is -0.134. The van der Waals surface area contributed by atoms with Crippen molar-refractivity contribution in [1.82, 2.24) is 5.32 Å².